The van der Waals surface area contributed by atoms with Crippen LogP contribution < -0.4 is 11.1 Å². The maximum Gasteiger partial charge on any atom is 0.256 e. The van der Waals surface area contributed by atoms with Gasteiger partial charge < -0.3 is 15.5 Å². The number of furan rings is 1. The molecule has 0 radical (unpaired) electrons. The lowest BCUT2D eigenvalue weighted by Gasteiger charge is -2.25. The van der Waals surface area contributed by atoms with E-state index in [-0.39, 0.29) is 0 Å². The molecule has 0 saturated carbocycles. The van der Waals surface area contributed by atoms with E-state index in [1.54, 1.807) is 18.4 Å². The summed E-state index contributed by atoms with van der Waals surface area (Å²) >= 11 is 0. The average molecular weight is 390 g/mol. The summed E-state index contributed by atoms with van der Waals surface area (Å²) < 4.78 is 6.89. The minimum absolute atomic E-state index is 0.443. The van der Waals surface area contributed by atoms with Crippen LogP contribution in [0, 0.1) is 0 Å². The van der Waals surface area contributed by atoms with Gasteiger partial charge in [0.15, 0.2) is 5.76 Å². The number of nitrogens with one attached hydrogen (secondary N) is 1. The molecule has 5 rings (SSSR count). The smallest absolute Gasteiger partial charge is 0.256 e. The Morgan fingerprint density at radius 1 is 1.21 bits per heavy atom. The van der Waals surface area contributed by atoms with Gasteiger partial charge in [0.25, 0.3) is 5.78 Å². The van der Waals surface area contributed by atoms with Crippen LogP contribution in [-0.4, -0.2) is 48.6 Å². The number of hydrogen-bond donors (Lipinski definition) is 2. The lowest BCUT2D eigenvalue weighted by Crippen LogP contribution is -2.34. The van der Waals surface area contributed by atoms with Gasteiger partial charge in [-0.2, -0.15) is 14.5 Å². The van der Waals surface area contributed by atoms with E-state index in [9.17, 15) is 0 Å². The van der Waals surface area contributed by atoms with Crippen molar-refractivity contribution < 1.29 is 4.42 Å². The first kappa shape index (κ1) is 17.6. The average Bonchev–Trinajstić information content (AvgIpc) is 3.48. The van der Waals surface area contributed by atoms with Crippen molar-refractivity contribution in [3.63, 3.8) is 0 Å². The molecule has 148 valence electrons. The second kappa shape index (κ2) is 7.51. The molecule has 1 aliphatic heterocycles. The molecule has 9 nitrogen and oxygen atoms in total. The molecule has 0 aromatic carbocycles. The van der Waals surface area contributed by atoms with Crippen LogP contribution in [0.5, 0.6) is 0 Å². The molecule has 0 amide bonds. The monoisotopic (exact) mass is 390 g/mol. The van der Waals surface area contributed by atoms with Crippen molar-refractivity contribution in [2.75, 3.05) is 24.1 Å². The van der Waals surface area contributed by atoms with Gasteiger partial charge in [-0.25, -0.2) is 0 Å². The van der Waals surface area contributed by atoms with E-state index >= 15 is 0 Å². The fraction of sp³-hybridized carbons (Fsp3) is 0.300. The van der Waals surface area contributed by atoms with E-state index in [4.69, 9.17) is 10.2 Å². The van der Waals surface area contributed by atoms with Crippen molar-refractivity contribution in [2.24, 2.45) is 0 Å². The molecule has 1 fully saturated rings. The summed E-state index contributed by atoms with van der Waals surface area (Å²) in [6, 6.07) is 9.97. The van der Waals surface area contributed by atoms with Gasteiger partial charge in [0.1, 0.15) is 11.6 Å². The van der Waals surface area contributed by atoms with Crippen LogP contribution in [0.2, 0.25) is 0 Å². The molecule has 0 bridgehead atoms. The molecule has 1 unspecified atom stereocenters. The van der Waals surface area contributed by atoms with Crippen LogP contribution in [0.25, 0.3) is 17.4 Å². The zero-order chi connectivity index (χ0) is 19.6. The molecule has 4 aromatic rings. The molecule has 1 saturated heterocycles. The first-order valence-electron chi connectivity index (χ1n) is 9.70. The zero-order valence-corrected chi connectivity index (χ0v) is 15.9. The predicted molar refractivity (Wildman–Crippen MR) is 109 cm³/mol. The Bertz CT molecular complexity index is 1090. The van der Waals surface area contributed by atoms with Gasteiger partial charge in [-0.3, -0.25) is 9.88 Å². The Kier molecular flexibility index (Phi) is 4.57. The Morgan fingerprint density at radius 3 is 2.93 bits per heavy atom. The summed E-state index contributed by atoms with van der Waals surface area (Å²) in [7, 11) is 0. The number of nitrogens with two attached hydrogens (primary N) is 1. The maximum absolute atomic E-state index is 6.17. The van der Waals surface area contributed by atoms with Crippen molar-refractivity contribution in [2.45, 2.75) is 25.4 Å². The number of pyridine rings is 1. The normalized spacial score (nSPS) is 17.2. The highest BCUT2D eigenvalue weighted by Crippen LogP contribution is 2.22. The molecule has 1 atom stereocenters. The van der Waals surface area contributed by atoms with Crippen molar-refractivity contribution in [1.82, 2.24) is 29.5 Å². The van der Waals surface area contributed by atoms with E-state index in [1.165, 1.54) is 16.5 Å². The molecule has 1 aliphatic rings. The number of hydrogen-bond acceptors (Lipinski definition) is 8. The van der Waals surface area contributed by atoms with Crippen LogP contribution >= 0.6 is 0 Å². The quantitative estimate of drug-likeness (QED) is 0.516. The Hall–Kier alpha value is -3.46. The van der Waals surface area contributed by atoms with E-state index in [1.807, 2.05) is 18.5 Å². The van der Waals surface area contributed by atoms with Crippen LogP contribution in [0.4, 0.5) is 11.6 Å². The van der Waals surface area contributed by atoms with E-state index in [2.05, 4.69) is 42.4 Å². The summed E-state index contributed by atoms with van der Waals surface area (Å²) in [4.78, 5) is 15.6. The molecule has 29 heavy (non-hydrogen) atoms. The zero-order valence-electron chi connectivity index (χ0n) is 15.9. The van der Waals surface area contributed by atoms with E-state index in [0.29, 0.717) is 35.0 Å². The highest BCUT2D eigenvalue weighted by Gasteiger charge is 2.24. The highest BCUT2D eigenvalue weighted by molar-refractivity contribution is 5.56. The summed E-state index contributed by atoms with van der Waals surface area (Å²) in [5.74, 6) is 2.67. The van der Waals surface area contributed by atoms with Crippen molar-refractivity contribution in [3.05, 3.63) is 54.6 Å². The maximum atomic E-state index is 6.17. The third kappa shape index (κ3) is 3.64. The van der Waals surface area contributed by atoms with Crippen molar-refractivity contribution in [3.8, 4) is 11.6 Å². The summed E-state index contributed by atoms with van der Waals surface area (Å²) in [6.45, 7) is 2.83. The molecule has 0 spiro atoms. The number of anilines is 2. The number of likely N-dealkylation sites (tertiary alicyclic amines) is 1. The van der Waals surface area contributed by atoms with Gasteiger partial charge in [0, 0.05) is 37.6 Å². The Labute approximate surface area is 167 Å². The number of nitrogens with zero attached hydrogens (tertiary/aromatic N) is 6. The largest absolute Gasteiger partial charge is 0.461 e. The minimum Gasteiger partial charge on any atom is -0.461 e. The topological polar surface area (TPSA) is 110 Å². The standard InChI is InChI=1S/C20H22N8O/c21-17-11-18(24-20-25-19(26-28(17)20)16-4-2-10-29-16)23-12-15-3-1-9-27(15)13-14-5-7-22-8-6-14/h2,4-8,10-11,15H,1,3,9,12-13,21H2,(H,23,24,25,26). The number of nitrogen functional groups attached to an aromatic ring is 1. The highest BCUT2D eigenvalue weighted by atomic mass is 16.3. The van der Waals surface area contributed by atoms with Crippen LogP contribution in [0.3, 0.4) is 0 Å². The number of fused-ring (bicyclic) bond motifs is 1. The molecular formula is C20H22N8O. The SMILES string of the molecule is Nc1cc(NCC2CCCN2Cc2ccncc2)nc2nc(-c3ccco3)nn12. The van der Waals surface area contributed by atoms with Gasteiger partial charge in [-0.05, 0) is 49.2 Å². The van der Waals surface area contributed by atoms with Gasteiger partial charge in [-0.1, -0.05) is 0 Å². The number of rotatable bonds is 6. The molecule has 3 N–H and O–H groups in total. The fourth-order valence-electron chi connectivity index (χ4n) is 3.77. The summed E-state index contributed by atoms with van der Waals surface area (Å²) in [6.07, 6.45) is 7.63. The first-order chi connectivity index (χ1) is 14.3. The first-order valence-corrected chi connectivity index (χ1v) is 9.70. The number of aromatic nitrogens is 5. The van der Waals surface area contributed by atoms with E-state index in [0.717, 1.165) is 26.1 Å². The predicted octanol–water partition coefficient (Wildman–Crippen LogP) is 2.44. The second-order valence-electron chi connectivity index (χ2n) is 7.19. The molecule has 9 heteroatoms. The molecular weight excluding hydrogens is 368 g/mol. The Balaban J connectivity index is 1.30. The van der Waals surface area contributed by atoms with Gasteiger partial charge in [-0.15, -0.1) is 5.10 Å². The second-order valence-corrected chi connectivity index (χ2v) is 7.19. The van der Waals surface area contributed by atoms with E-state index < -0.39 is 0 Å². The van der Waals surface area contributed by atoms with Crippen LogP contribution in [-0.2, 0) is 6.54 Å². The van der Waals surface area contributed by atoms with Crippen molar-refractivity contribution in [1.29, 1.82) is 0 Å². The van der Waals surface area contributed by atoms with Crippen molar-refractivity contribution >= 4 is 17.4 Å². The minimum atomic E-state index is 0.443. The lowest BCUT2D eigenvalue weighted by molar-refractivity contribution is 0.254. The fourth-order valence-corrected chi connectivity index (χ4v) is 3.77. The molecule has 0 aliphatic carbocycles. The lowest BCUT2D eigenvalue weighted by atomic mass is 10.2. The molecule has 4 aromatic heterocycles. The van der Waals surface area contributed by atoms with Gasteiger partial charge in [0.2, 0.25) is 5.82 Å². The molecule has 5 heterocycles. The van der Waals surface area contributed by atoms with Gasteiger partial charge in [0.05, 0.1) is 6.26 Å². The third-order valence-corrected chi connectivity index (χ3v) is 5.23. The Morgan fingerprint density at radius 2 is 2.10 bits per heavy atom. The van der Waals surface area contributed by atoms with Crippen LogP contribution in [0.1, 0.15) is 18.4 Å². The summed E-state index contributed by atoms with van der Waals surface area (Å²) in [5, 5.41) is 7.81. The van der Waals surface area contributed by atoms with Gasteiger partial charge >= 0.3 is 0 Å². The summed E-state index contributed by atoms with van der Waals surface area (Å²) in [5.41, 5.74) is 7.45. The third-order valence-electron chi connectivity index (χ3n) is 5.23. The van der Waals surface area contributed by atoms with Crippen LogP contribution in [0.15, 0.2) is 53.4 Å².